The minimum atomic E-state index is -3.32. The van der Waals surface area contributed by atoms with Gasteiger partial charge in [-0.15, -0.1) is 0 Å². The number of rotatable bonds is 0. The predicted octanol–water partition coefficient (Wildman–Crippen LogP) is 1.04. The van der Waals surface area contributed by atoms with Crippen LogP contribution in [0.15, 0.2) is 23.1 Å². The van der Waals surface area contributed by atoms with E-state index < -0.39 is 21.8 Å². The highest BCUT2D eigenvalue weighted by Gasteiger charge is 2.29. The summed E-state index contributed by atoms with van der Waals surface area (Å²) in [5, 5.41) is 9.49. The summed E-state index contributed by atoms with van der Waals surface area (Å²) in [6.07, 6.45) is -0.733. The van der Waals surface area contributed by atoms with Crippen LogP contribution in [0.5, 0.6) is 0 Å². The topological polar surface area (TPSA) is 54.4 Å². The molecule has 1 aromatic rings. The van der Waals surface area contributed by atoms with Gasteiger partial charge in [-0.2, -0.15) is 0 Å². The fourth-order valence-corrected chi connectivity index (χ4v) is 3.18. The number of sulfone groups is 1. The van der Waals surface area contributed by atoms with Crippen molar-refractivity contribution in [2.75, 3.05) is 5.75 Å². The molecule has 1 aliphatic heterocycles. The SMILES string of the molecule is O=S1(=O)CCC(O)c2cc(F)ccc21. The highest BCUT2D eigenvalue weighted by atomic mass is 32.2. The van der Waals surface area contributed by atoms with Gasteiger partial charge in [0.05, 0.1) is 16.8 Å². The standard InChI is InChI=1S/C9H9FO3S/c10-6-1-2-9-7(5-6)8(11)3-4-14(9,12)13/h1-2,5,8,11H,3-4H2. The molecule has 1 unspecified atom stereocenters. The lowest BCUT2D eigenvalue weighted by atomic mass is 10.1. The van der Waals surface area contributed by atoms with E-state index in [2.05, 4.69) is 0 Å². The summed E-state index contributed by atoms with van der Waals surface area (Å²) in [6.45, 7) is 0. The maximum absolute atomic E-state index is 12.8. The van der Waals surface area contributed by atoms with Crippen molar-refractivity contribution in [1.29, 1.82) is 0 Å². The Morgan fingerprint density at radius 2 is 2.14 bits per heavy atom. The normalized spacial score (nSPS) is 24.3. The van der Waals surface area contributed by atoms with Gasteiger partial charge in [-0.25, -0.2) is 12.8 Å². The molecule has 0 amide bonds. The van der Waals surface area contributed by atoms with Gasteiger partial charge in [-0.3, -0.25) is 0 Å². The van der Waals surface area contributed by atoms with E-state index in [1.807, 2.05) is 0 Å². The number of hydrogen-bond donors (Lipinski definition) is 1. The zero-order chi connectivity index (χ0) is 10.3. The Kier molecular flexibility index (Phi) is 2.08. The number of fused-ring (bicyclic) bond motifs is 1. The average Bonchev–Trinajstić information content (AvgIpc) is 2.12. The molecule has 0 fully saturated rings. The van der Waals surface area contributed by atoms with E-state index in [0.717, 1.165) is 12.1 Å². The molecule has 5 heteroatoms. The molecular formula is C9H9FO3S. The van der Waals surface area contributed by atoms with E-state index in [1.165, 1.54) is 6.07 Å². The molecule has 1 heterocycles. The second kappa shape index (κ2) is 3.03. The highest BCUT2D eigenvalue weighted by molar-refractivity contribution is 7.91. The molecule has 0 saturated carbocycles. The van der Waals surface area contributed by atoms with Gasteiger partial charge in [0.1, 0.15) is 5.82 Å². The molecule has 0 aromatic heterocycles. The van der Waals surface area contributed by atoms with Gasteiger partial charge in [-0.05, 0) is 24.6 Å². The summed E-state index contributed by atoms with van der Waals surface area (Å²) in [7, 11) is -3.32. The summed E-state index contributed by atoms with van der Waals surface area (Å²) < 4.78 is 35.8. The van der Waals surface area contributed by atoms with Crippen molar-refractivity contribution in [2.45, 2.75) is 17.4 Å². The first kappa shape index (κ1) is 9.61. The highest BCUT2D eigenvalue weighted by Crippen LogP contribution is 2.32. The molecule has 0 spiro atoms. The minimum Gasteiger partial charge on any atom is -0.388 e. The summed E-state index contributed by atoms with van der Waals surface area (Å²) >= 11 is 0. The third-order valence-corrected chi connectivity index (χ3v) is 4.14. The molecule has 1 atom stereocenters. The van der Waals surface area contributed by atoms with E-state index >= 15 is 0 Å². The Bertz CT molecular complexity index is 467. The Balaban J connectivity index is 2.69. The van der Waals surface area contributed by atoms with Crippen LogP contribution in [0.25, 0.3) is 0 Å². The van der Waals surface area contributed by atoms with Crippen molar-refractivity contribution in [2.24, 2.45) is 0 Å². The van der Waals surface area contributed by atoms with Crippen molar-refractivity contribution in [1.82, 2.24) is 0 Å². The van der Waals surface area contributed by atoms with Gasteiger partial charge >= 0.3 is 0 Å². The van der Waals surface area contributed by atoms with Crippen molar-refractivity contribution < 1.29 is 17.9 Å². The monoisotopic (exact) mass is 216 g/mol. The van der Waals surface area contributed by atoms with Gasteiger partial charge in [0.2, 0.25) is 0 Å². The van der Waals surface area contributed by atoms with E-state index in [0.29, 0.717) is 0 Å². The smallest absolute Gasteiger partial charge is 0.178 e. The summed E-state index contributed by atoms with van der Waals surface area (Å²) in [4.78, 5) is 0.0534. The number of aliphatic hydroxyl groups excluding tert-OH is 1. The Labute approximate surface area is 81.1 Å². The van der Waals surface area contributed by atoms with E-state index in [9.17, 15) is 17.9 Å². The van der Waals surface area contributed by atoms with Crippen LogP contribution in [0.2, 0.25) is 0 Å². The third-order valence-electron chi connectivity index (χ3n) is 2.33. The average molecular weight is 216 g/mol. The first-order valence-corrected chi connectivity index (χ1v) is 5.86. The summed E-state index contributed by atoms with van der Waals surface area (Å²) in [5.41, 5.74) is 0.177. The van der Waals surface area contributed by atoms with Crippen LogP contribution in [-0.4, -0.2) is 19.3 Å². The Hall–Kier alpha value is -0.940. The number of hydrogen-bond acceptors (Lipinski definition) is 3. The molecule has 1 aromatic carbocycles. The lowest BCUT2D eigenvalue weighted by Gasteiger charge is -2.20. The molecule has 1 aliphatic rings. The van der Waals surface area contributed by atoms with Crippen molar-refractivity contribution >= 4 is 9.84 Å². The van der Waals surface area contributed by atoms with E-state index in [4.69, 9.17) is 0 Å². The fourth-order valence-electron chi connectivity index (χ4n) is 1.60. The molecule has 14 heavy (non-hydrogen) atoms. The van der Waals surface area contributed by atoms with Crippen LogP contribution in [0.3, 0.4) is 0 Å². The van der Waals surface area contributed by atoms with Gasteiger partial charge < -0.3 is 5.11 Å². The van der Waals surface area contributed by atoms with Crippen LogP contribution in [0, 0.1) is 5.82 Å². The van der Waals surface area contributed by atoms with Crippen LogP contribution in [0.4, 0.5) is 4.39 Å². The lowest BCUT2D eigenvalue weighted by molar-refractivity contribution is 0.168. The zero-order valence-corrected chi connectivity index (χ0v) is 8.09. The summed E-state index contributed by atoms with van der Waals surface area (Å²) in [5.74, 6) is -0.604. The number of halogens is 1. The van der Waals surface area contributed by atoms with Gasteiger partial charge in [-0.1, -0.05) is 0 Å². The van der Waals surface area contributed by atoms with E-state index in [1.54, 1.807) is 0 Å². The van der Waals surface area contributed by atoms with Crippen molar-refractivity contribution in [3.05, 3.63) is 29.6 Å². The van der Waals surface area contributed by atoms with Crippen LogP contribution in [-0.2, 0) is 9.84 Å². The van der Waals surface area contributed by atoms with Crippen molar-refractivity contribution in [3.8, 4) is 0 Å². The van der Waals surface area contributed by atoms with Crippen molar-refractivity contribution in [3.63, 3.8) is 0 Å². The lowest BCUT2D eigenvalue weighted by Crippen LogP contribution is -2.20. The largest absolute Gasteiger partial charge is 0.388 e. The predicted molar refractivity (Wildman–Crippen MR) is 48.0 cm³/mol. The first-order chi connectivity index (χ1) is 6.50. The molecule has 2 rings (SSSR count). The quantitative estimate of drug-likeness (QED) is 0.659. The van der Waals surface area contributed by atoms with Crippen LogP contribution in [0.1, 0.15) is 18.1 Å². The number of aliphatic hydroxyl groups is 1. The first-order valence-electron chi connectivity index (χ1n) is 4.21. The second-order valence-electron chi connectivity index (χ2n) is 3.31. The van der Waals surface area contributed by atoms with Gasteiger partial charge in [0.15, 0.2) is 9.84 Å². The number of benzene rings is 1. The van der Waals surface area contributed by atoms with Crippen LogP contribution >= 0.6 is 0 Å². The summed E-state index contributed by atoms with van der Waals surface area (Å²) in [6, 6.07) is 3.38. The molecule has 0 aliphatic carbocycles. The maximum atomic E-state index is 12.8. The Morgan fingerprint density at radius 3 is 2.86 bits per heavy atom. The minimum absolute atomic E-state index is 0.0534. The van der Waals surface area contributed by atoms with Gasteiger partial charge in [0, 0.05) is 5.56 Å². The second-order valence-corrected chi connectivity index (χ2v) is 5.38. The van der Waals surface area contributed by atoms with Crippen LogP contribution < -0.4 is 0 Å². The molecular weight excluding hydrogens is 207 g/mol. The van der Waals surface area contributed by atoms with Gasteiger partial charge in [0.25, 0.3) is 0 Å². The molecule has 0 saturated heterocycles. The fraction of sp³-hybridized carbons (Fsp3) is 0.333. The molecule has 0 bridgehead atoms. The third kappa shape index (κ3) is 1.42. The van der Waals surface area contributed by atoms with E-state index in [-0.39, 0.29) is 22.6 Å². The zero-order valence-electron chi connectivity index (χ0n) is 7.27. The molecule has 1 N–H and O–H groups in total. The Morgan fingerprint density at radius 1 is 1.43 bits per heavy atom. The molecule has 0 radical (unpaired) electrons. The maximum Gasteiger partial charge on any atom is 0.178 e. The molecule has 76 valence electrons. The molecule has 3 nitrogen and oxygen atoms in total.